The maximum atomic E-state index is 10.7. The Kier molecular flexibility index (Phi) is 3.79. The van der Waals surface area contributed by atoms with Crippen LogP contribution in [0.4, 0.5) is 5.69 Å². The normalized spacial score (nSPS) is 12.2. The molecule has 0 radical (unpaired) electrons. The molecule has 1 unspecified atom stereocenters. The Balaban J connectivity index is 2.45. The minimum absolute atomic E-state index is 0.0101. The fourth-order valence-corrected chi connectivity index (χ4v) is 1.46. The minimum atomic E-state index is -0.375. The van der Waals surface area contributed by atoms with Crippen LogP contribution in [0.5, 0.6) is 0 Å². The first-order valence-corrected chi connectivity index (χ1v) is 4.81. The van der Waals surface area contributed by atoms with E-state index in [1.807, 2.05) is 30.3 Å². The number of thioether (sulfide) groups is 1. The van der Waals surface area contributed by atoms with E-state index in [0.717, 1.165) is 17.4 Å². The predicted octanol–water partition coefficient (Wildman–Crippen LogP) is 1.62. The average molecular weight is 196 g/mol. The standard InChI is InChI=1S/C9H12N2OS/c1-7(12)13-9(10)11-8-5-3-2-4-6-8/h2-6,9,11H,10H2,1H3. The van der Waals surface area contributed by atoms with Crippen molar-refractivity contribution < 1.29 is 4.79 Å². The van der Waals surface area contributed by atoms with Crippen molar-refractivity contribution in [1.29, 1.82) is 0 Å². The van der Waals surface area contributed by atoms with Gasteiger partial charge in [0.2, 0.25) is 0 Å². The molecule has 0 heterocycles. The largest absolute Gasteiger partial charge is 0.361 e. The first kappa shape index (κ1) is 10.1. The smallest absolute Gasteiger partial charge is 0.189 e. The van der Waals surface area contributed by atoms with E-state index in [1.54, 1.807) is 0 Å². The Morgan fingerprint density at radius 2 is 2.08 bits per heavy atom. The van der Waals surface area contributed by atoms with Gasteiger partial charge in [-0.3, -0.25) is 4.79 Å². The zero-order chi connectivity index (χ0) is 9.68. The molecule has 3 N–H and O–H groups in total. The first-order valence-electron chi connectivity index (χ1n) is 3.93. The summed E-state index contributed by atoms with van der Waals surface area (Å²) >= 11 is 1.08. The Hall–Kier alpha value is -1.00. The third-order valence-electron chi connectivity index (χ3n) is 1.38. The fraction of sp³-hybridized carbons (Fsp3) is 0.222. The van der Waals surface area contributed by atoms with Crippen molar-refractivity contribution in [2.45, 2.75) is 12.4 Å². The van der Waals surface area contributed by atoms with Crippen LogP contribution < -0.4 is 11.1 Å². The summed E-state index contributed by atoms with van der Waals surface area (Å²) in [5.41, 5.74) is 6.18. The van der Waals surface area contributed by atoms with Gasteiger partial charge in [0.05, 0.1) is 0 Å². The maximum absolute atomic E-state index is 10.7. The molecule has 0 aliphatic carbocycles. The van der Waals surface area contributed by atoms with E-state index in [9.17, 15) is 4.79 Å². The summed E-state index contributed by atoms with van der Waals surface area (Å²) in [4.78, 5) is 10.7. The zero-order valence-corrected chi connectivity index (χ0v) is 8.17. The molecule has 1 atom stereocenters. The summed E-state index contributed by atoms with van der Waals surface area (Å²) in [5, 5.41) is 3.00. The van der Waals surface area contributed by atoms with Crippen LogP contribution in [-0.2, 0) is 4.79 Å². The molecule has 4 heteroatoms. The van der Waals surface area contributed by atoms with E-state index in [0.29, 0.717) is 0 Å². The van der Waals surface area contributed by atoms with Crippen LogP contribution in [0.25, 0.3) is 0 Å². The third kappa shape index (κ3) is 3.96. The summed E-state index contributed by atoms with van der Waals surface area (Å²) in [5.74, 6) is 0. The van der Waals surface area contributed by atoms with Crippen LogP contribution >= 0.6 is 11.8 Å². The third-order valence-corrected chi connectivity index (χ3v) is 2.08. The second-order valence-electron chi connectivity index (χ2n) is 2.54. The Bertz CT molecular complexity index is 276. The molecule has 3 nitrogen and oxygen atoms in total. The van der Waals surface area contributed by atoms with E-state index >= 15 is 0 Å². The topological polar surface area (TPSA) is 55.1 Å². The van der Waals surface area contributed by atoms with Gasteiger partial charge in [0, 0.05) is 12.6 Å². The lowest BCUT2D eigenvalue weighted by atomic mass is 10.3. The van der Waals surface area contributed by atoms with Gasteiger partial charge in [-0.15, -0.1) is 0 Å². The van der Waals surface area contributed by atoms with Gasteiger partial charge in [-0.1, -0.05) is 18.2 Å². The van der Waals surface area contributed by atoms with Gasteiger partial charge in [0.25, 0.3) is 0 Å². The molecule has 0 amide bonds. The number of nitrogens with two attached hydrogens (primary N) is 1. The maximum Gasteiger partial charge on any atom is 0.189 e. The van der Waals surface area contributed by atoms with Crippen LogP contribution in [0.2, 0.25) is 0 Å². The number of hydrogen-bond acceptors (Lipinski definition) is 4. The lowest BCUT2D eigenvalue weighted by Crippen LogP contribution is -2.26. The Morgan fingerprint density at radius 3 is 2.62 bits per heavy atom. The molecule has 0 aromatic heterocycles. The van der Waals surface area contributed by atoms with E-state index in [1.165, 1.54) is 6.92 Å². The highest BCUT2D eigenvalue weighted by molar-refractivity contribution is 8.14. The molecule has 0 bridgehead atoms. The molecule has 0 aliphatic rings. The van der Waals surface area contributed by atoms with E-state index in [4.69, 9.17) is 5.73 Å². The lowest BCUT2D eigenvalue weighted by molar-refractivity contribution is -0.109. The molecule has 70 valence electrons. The first-order chi connectivity index (χ1) is 6.18. The van der Waals surface area contributed by atoms with Crippen LogP contribution in [0.15, 0.2) is 30.3 Å². The van der Waals surface area contributed by atoms with E-state index < -0.39 is 0 Å². The van der Waals surface area contributed by atoms with Gasteiger partial charge in [-0.25, -0.2) is 0 Å². The lowest BCUT2D eigenvalue weighted by Gasteiger charge is -2.12. The predicted molar refractivity (Wildman–Crippen MR) is 56.3 cm³/mol. The molecule has 0 saturated carbocycles. The molecule has 1 aromatic rings. The van der Waals surface area contributed by atoms with E-state index in [-0.39, 0.29) is 10.6 Å². The van der Waals surface area contributed by atoms with Crippen molar-refractivity contribution >= 4 is 22.6 Å². The van der Waals surface area contributed by atoms with Crippen LogP contribution in [-0.4, -0.2) is 10.6 Å². The molecular formula is C9H12N2OS. The van der Waals surface area contributed by atoms with Gasteiger partial charge >= 0.3 is 0 Å². The van der Waals surface area contributed by atoms with Crippen molar-refractivity contribution in [2.24, 2.45) is 5.73 Å². The second kappa shape index (κ2) is 4.89. The quantitative estimate of drug-likeness (QED) is 0.721. The van der Waals surface area contributed by atoms with Crippen molar-refractivity contribution in [1.82, 2.24) is 0 Å². The fourth-order valence-electron chi connectivity index (χ4n) is 0.907. The number of nitrogens with one attached hydrogen (secondary N) is 1. The number of carbonyl (C=O) groups is 1. The summed E-state index contributed by atoms with van der Waals surface area (Å²) < 4.78 is 0. The molecular weight excluding hydrogens is 184 g/mol. The highest BCUT2D eigenvalue weighted by Crippen LogP contribution is 2.11. The summed E-state index contributed by atoms with van der Waals surface area (Å²) in [6.07, 6.45) is 0. The number of para-hydroxylation sites is 1. The molecule has 0 aliphatic heterocycles. The van der Waals surface area contributed by atoms with Crippen molar-refractivity contribution in [3.05, 3.63) is 30.3 Å². The minimum Gasteiger partial charge on any atom is -0.361 e. The van der Waals surface area contributed by atoms with Crippen molar-refractivity contribution in [3.8, 4) is 0 Å². The highest BCUT2D eigenvalue weighted by atomic mass is 32.2. The molecule has 13 heavy (non-hydrogen) atoms. The molecule has 0 spiro atoms. The summed E-state index contributed by atoms with van der Waals surface area (Å²) in [7, 11) is 0. The number of rotatable bonds is 3. The van der Waals surface area contributed by atoms with Crippen molar-refractivity contribution in [3.63, 3.8) is 0 Å². The van der Waals surface area contributed by atoms with Crippen LogP contribution in [0.1, 0.15) is 6.92 Å². The van der Waals surface area contributed by atoms with Gasteiger partial charge in [0.1, 0.15) is 5.50 Å². The highest BCUT2D eigenvalue weighted by Gasteiger charge is 2.04. The number of benzene rings is 1. The van der Waals surface area contributed by atoms with Gasteiger partial charge < -0.3 is 11.1 Å². The SMILES string of the molecule is CC(=O)SC(N)Nc1ccccc1. The van der Waals surface area contributed by atoms with Gasteiger partial charge in [-0.05, 0) is 23.9 Å². The van der Waals surface area contributed by atoms with E-state index in [2.05, 4.69) is 5.32 Å². The molecule has 0 saturated heterocycles. The van der Waals surface area contributed by atoms with Gasteiger partial charge in [-0.2, -0.15) is 0 Å². The molecule has 0 fully saturated rings. The second-order valence-corrected chi connectivity index (χ2v) is 3.86. The monoisotopic (exact) mass is 196 g/mol. The molecule has 1 rings (SSSR count). The number of anilines is 1. The average Bonchev–Trinajstić information content (AvgIpc) is 2.04. The Morgan fingerprint density at radius 1 is 1.46 bits per heavy atom. The number of carbonyl (C=O) groups excluding carboxylic acids is 1. The molecule has 1 aromatic carbocycles. The zero-order valence-electron chi connectivity index (χ0n) is 7.36. The van der Waals surface area contributed by atoms with Crippen LogP contribution in [0.3, 0.4) is 0 Å². The number of hydrogen-bond donors (Lipinski definition) is 2. The summed E-state index contributed by atoms with van der Waals surface area (Å²) in [6.45, 7) is 1.50. The summed E-state index contributed by atoms with van der Waals surface area (Å²) in [6, 6.07) is 9.55. The van der Waals surface area contributed by atoms with Crippen molar-refractivity contribution in [2.75, 3.05) is 5.32 Å². The van der Waals surface area contributed by atoms with Crippen LogP contribution in [0, 0.1) is 0 Å². The van der Waals surface area contributed by atoms with Gasteiger partial charge in [0.15, 0.2) is 5.12 Å². The Labute approximate surface area is 81.7 Å².